The second-order valence-electron chi connectivity index (χ2n) is 8.17. The first-order valence-corrected chi connectivity index (χ1v) is 11.5. The smallest absolute Gasteiger partial charge is 0.0406 e. The van der Waals surface area contributed by atoms with E-state index in [1.807, 2.05) is 12.1 Å². The van der Waals surface area contributed by atoms with Gasteiger partial charge in [0.2, 0.25) is 0 Å². The lowest BCUT2D eigenvalue weighted by atomic mass is 10.0. The summed E-state index contributed by atoms with van der Waals surface area (Å²) in [7, 11) is 0. The summed E-state index contributed by atoms with van der Waals surface area (Å²) in [5.41, 5.74) is 5.09. The topological polar surface area (TPSA) is 6.48 Å². The lowest BCUT2D eigenvalue weighted by molar-refractivity contribution is 0.140. The predicted molar refractivity (Wildman–Crippen MR) is 128 cm³/mol. The Morgan fingerprint density at radius 1 is 0.828 bits per heavy atom. The quantitative estimate of drug-likeness (QED) is 0.429. The van der Waals surface area contributed by atoms with Gasteiger partial charge in [0, 0.05) is 37.7 Å². The third kappa shape index (κ3) is 6.99. The van der Waals surface area contributed by atoms with Crippen molar-refractivity contribution in [2.75, 3.05) is 39.3 Å². The molecule has 1 aliphatic heterocycles. The lowest BCUT2D eigenvalue weighted by Gasteiger charge is -2.34. The first-order valence-electron chi connectivity index (χ1n) is 11.1. The normalized spacial score (nSPS) is 16.3. The predicted octanol–water partition coefficient (Wildman–Crippen LogP) is 6.61. The van der Waals surface area contributed by atoms with Gasteiger partial charge in [0.05, 0.1) is 0 Å². The molecule has 3 heteroatoms. The maximum atomic E-state index is 5.99. The van der Waals surface area contributed by atoms with Gasteiger partial charge >= 0.3 is 0 Å². The van der Waals surface area contributed by atoms with Crippen molar-refractivity contribution in [3.8, 4) is 11.1 Å². The van der Waals surface area contributed by atoms with E-state index < -0.39 is 0 Å². The second kappa shape index (κ2) is 11.5. The van der Waals surface area contributed by atoms with Gasteiger partial charge in [0.1, 0.15) is 0 Å². The summed E-state index contributed by atoms with van der Waals surface area (Å²) in [5, 5.41) is 0.779. The first kappa shape index (κ1) is 22.1. The van der Waals surface area contributed by atoms with Crippen LogP contribution in [0, 0.1) is 0 Å². The molecule has 2 aromatic carbocycles. The van der Waals surface area contributed by atoms with Gasteiger partial charge < -0.3 is 4.90 Å². The van der Waals surface area contributed by atoms with E-state index in [0.29, 0.717) is 0 Å². The van der Waals surface area contributed by atoms with Crippen LogP contribution in [0.2, 0.25) is 5.02 Å². The van der Waals surface area contributed by atoms with E-state index in [0.717, 1.165) is 11.6 Å². The van der Waals surface area contributed by atoms with E-state index in [1.54, 1.807) is 0 Å². The molecule has 3 rings (SSSR count). The molecule has 1 aliphatic rings. The van der Waals surface area contributed by atoms with Crippen LogP contribution in [0.25, 0.3) is 16.7 Å². The van der Waals surface area contributed by atoms with E-state index in [4.69, 9.17) is 11.6 Å². The summed E-state index contributed by atoms with van der Waals surface area (Å²) in [6.07, 6.45) is 7.83. The number of unbranched alkanes of at least 4 members (excludes halogenated alkanes) is 3. The van der Waals surface area contributed by atoms with Crippen LogP contribution in [0.1, 0.15) is 45.1 Å². The maximum Gasteiger partial charge on any atom is 0.0406 e. The number of piperazine rings is 1. The highest BCUT2D eigenvalue weighted by Crippen LogP contribution is 2.24. The SMILES string of the molecule is CCCCCCN1CCN(CC=C(C)c2ccc(-c3ccc(Cl)cc3)cc2)CC1. The minimum atomic E-state index is 0.779. The third-order valence-corrected chi connectivity index (χ3v) is 6.22. The fourth-order valence-electron chi connectivity index (χ4n) is 3.91. The molecule has 0 aliphatic carbocycles. The molecule has 1 saturated heterocycles. The van der Waals surface area contributed by atoms with Crippen molar-refractivity contribution in [1.29, 1.82) is 0 Å². The van der Waals surface area contributed by atoms with E-state index >= 15 is 0 Å². The van der Waals surface area contributed by atoms with Gasteiger partial charge in [-0.25, -0.2) is 0 Å². The average molecular weight is 411 g/mol. The van der Waals surface area contributed by atoms with Crippen molar-refractivity contribution in [1.82, 2.24) is 9.80 Å². The molecule has 0 spiro atoms. The molecule has 0 amide bonds. The molecule has 0 unspecified atom stereocenters. The summed E-state index contributed by atoms with van der Waals surface area (Å²) in [4.78, 5) is 5.21. The van der Waals surface area contributed by atoms with Gasteiger partial charge in [-0.1, -0.05) is 80.3 Å². The standard InChI is InChI=1S/C26H35ClN2/c1-3-4-5-6-16-28-18-20-29(21-19-28)17-15-22(2)23-7-9-24(10-8-23)25-11-13-26(27)14-12-25/h7-15H,3-6,16-21H2,1-2H3. The second-order valence-corrected chi connectivity index (χ2v) is 8.61. The summed E-state index contributed by atoms with van der Waals surface area (Å²) in [6.45, 7) is 11.6. The van der Waals surface area contributed by atoms with E-state index in [2.05, 4.69) is 66.1 Å². The largest absolute Gasteiger partial charge is 0.301 e. The summed E-state index contributed by atoms with van der Waals surface area (Å²) in [6, 6.07) is 16.9. The number of hydrogen-bond donors (Lipinski definition) is 0. The van der Waals surface area contributed by atoms with Crippen LogP contribution in [0.15, 0.2) is 54.6 Å². The molecule has 0 aromatic heterocycles. The Balaban J connectivity index is 1.46. The molecule has 1 heterocycles. The van der Waals surface area contributed by atoms with Gasteiger partial charge in [0.15, 0.2) is 0 Å². The Kier molecular flexibility index (Phi) is 8.79. The van der Waals surface area contributed by atoms with Crippen molar-refractivity contribution < 1.29 is 0 Å². The highest BCUT2D eigenvalue weighted by atomic mass is 35.5. The van der Waals surface area contributed by atoms with Crippen molar-refractivity contribution in [3.05, 3.63) is 65.2 Å². The van der Waals surface area contributed by atoms with Crippen molar-refractivity contribution in [2.45, 2.75) is 39.5 Å². The van der Waals surface area contributed by atoms with E-state index in [1.165, 1.54) is 80.7 Å². The van der Waals surface area contributed by atoms with Gasteiger partial charge in [-0.05, 0) is 54.3 Å². The number of halogens is 1. The molecule has 0 saturated carbocycles. The number of benzene rings is 2. The molecule has 0 N–H and O–H groups in total. The molecule has 2 aromatic rings. The Hall–Kier alpha value is -1.61. The molecule has 0 bridgehead atoms. The number of hydrogen-bond acceptors (Lipinski definition) is 2. The monoisotopic (exact) mass is 410 g/mol. The molecule has 0 atom stereocenters. The molecule has 156 valence electrons. The van der Waals surface area contributed by atoms with Crippen LogP contribution in [0.4, 0.5) is 0 Å². The zero-order valence-electron chi connectivity index (χ0n) is 18.0. The minimum absolute atomic E-state index is 0.779. The lowest BCUT2D eigenvalue weighted by Crippen LogP contribution is -2.46. The fourth-order valence-corrected chi connectivity index (χ4v) is 4.04. The van der Waals surface area contributed by atoms with Crippen LogP contribution >= 0.6 is 11.6 Å². The van der Waals surface area contributed by atoms with Gasteiger partial charge in [-0.15, -0.1) is 0 Å². The van der Waals surface area contributed by atoms with E-state index in [9.17, 15) is 0 Å². The Bertz CT molecular complexity index is 756. The number of allylic oxidation sites excluding steroid dienone is 1. The fraction of sp³-hybridized carbons (Fsp3) is 0.462. The van der Waals surface area contributed by atoms with Crippen molar-refractivity contribution >= 4 is 17.2 Å². The van der Waals surface area contributed by atoms with E-state index in [-0.39, 0.29) is 0 Å². The van der Waals surface area contributed by atoms with Crippen LogP contribution in [-0.4, -0.2) is 49.1 Å². The summed E-state index contributed by atoms with van der Waals surface area (Å²) in [5.74, 6) is 0. The average Bonchev–Trinajstić information content (AvgIpc) is 2.76. The van der Waals surface area contributed by atoms with Crippen LogP contribution < -0.4 is 0 Å². The molecular formula is C26H35ClN2. The molecule has 0 radical (unpaired) electrons. The third-order valence-electron chi connectivity index (χ3n) is 5.97. The van der Waals surface area contributed by atoms with Crippen LogP contribution in [0.3, 0.4) is 0 Å². The van der Waals surface area contributed by atoms with Crippen molar-refractivity contribution in [2.24, 2.45) is 0 Å². The molecular weight excluding hydrogens is 376 g/mol. The van der Waals surface area contributed by atoms with Crippen molar-refractivity contribution in [3.63, 3.8) is 0 Å². The Morgan fingerprint density at radius 3 is 2.03 bits per heavy atom. The minimum Gasteiger partial charge on any atom is -0.301 e. The molecule has 29 heavy (non-hydrogen) atoms. The Labute approximate surface area is 182 Å². The zero-order valence-corrected chi connectivity index (χ0v) is 18.8. The van der Waals surface area contributed by atoms with Gasteiger partial charge in [-0.2, -0.15) is 0 Å². The Morgan fingerprint density at radius 2 is 1.41 bits per heavy atom. The number of nitrogens with zero attached hydrogens (tertiary/aromatic N) is 2. The summed E-state index contributed by atoms with van der Waals surface area (Å²) >= 11 is 5.99. The maximum absolute atomic E-state index is 5.99. The molecule has 2 nitrogen and oxygen atoms in total. The number of rotatable bonds is 9. The highest BCUT2D eigenvalue weighted by molar-refractivity contribution is 6.30. The van der Waals surface area contributed by atoms with Gasteiger partial charge in [-0.3, -0.25) is 4.90 Å². The highest BCUT2D eigenvalue weighted by Gasteiger charge is 2.15. The van der Waals surface area contributed by atoms with Gasteiger partial charge in [0.25, 0.3) is 0 Å². The summed E-state index contributed by atoms with van der Waals surface area (Å²) < 4.78 is 0. The molecule has 1 fully saturated rings. The first-order chi connectivity index (χ1) is 14.2. The zero-order chi connectivity index (χ0) is 20.5. The van der Waals surface area contributed by atoms with Crippen LogP contribution in [-0.2, 0) is 0 Å². The van der Waals surface area contributed by atoms with Crippen LogP contribution in [0.5, 0.6) is 0 Å².